The summed E-state index contributed by atoms with van der Waals surface area (Å²) >= 11 is 0. The molecule has 0 aliphatic carbocycles. The van der Waals surface area contributed by atoms with E-state index >= 15 is 0 Å². The van der Waals surface area contributed by atoms with Crippen LogP contribution >= 0.6 is 0 Å². The van der Waals surface area contributed by atoms with Crippen LogP contribution in [-0.4, -0.2) is 13.1 Å². The van der Waals surface area contributed by atoms with E-state index in [-0.39, 0.29) is 40.1 Å². The van der Waals surface area contributed by atoms with E-state index in [4.69, 9.17) is 0 Å². The van der Waals surface area contributed by atoms with Crippen molar-refractivity contribution in [2.24, 2.45) is 5.92 Å². The molecule has 0 aromatic rings. The topological polar surface area (TPSA) is 14.1 Å². The molecule has 0 bridgehead atoms. The zero-order chi connectivity index (χ0) is 5.82. The van der Waals surface area contributed by atoms with Crippen molar-refractivity contribution in [3.05, 3.63) is 12.7 Å². The monoisotopic (exact) mass is 216 g/mol. The molecular weight excluding hydrogens is 199 g/mol. The number of hydrogen-bond acceptors (Lipinski definition) is 0. The zero-order valence-corrected chi connectivity index (χ0v) is 9.98. The first-order valence-corrected chi connectivity index (χ1v) is 3.56. The SMILES string of the molecule is CCC1CC[N-]CC1.[CH3-].[Y]. The minimum absolute atomic E-state index is 0. The van der Waals surface area contributed by atoms with Gasteiger partial charge in [-0.1, -0.05) is 26.2 Å². The fourth-order valence-corrected chi connectivity index (χ4v) is 1.21. The van der Waals surface area contributed by atoms with Crippen LogP contribution < -0.4 is 0 Å². The molecule has 0 unspecified atom stereocenters. The van der Waals surface area contributed by atoms with Crippen LogP contribution in [0.4, 0.5) is 0 Å². The largest absolute Gasteiger partial charge is 0.662 e. The number of rotatable bonds is 1. The fraction of sp³-hybridized carbons (Fsp3) is 0.875. The summed E-state index contributed by atoms with van der Waals surface area (Å²) in [6, 6.07) is 0. The minimum Gasteiger partial charge on any atom is -0.662 e. The van der Waals surface area contributed by atoms with Gasteiger partial charge in [0.1, 0.15) is 0 Å². The van der Waals surface area contributed by atoms with Crippen LogP contribution in [0.15, 0.2) is 0 Å². The zero-order valence-electron chi connectivity index (χ0n) is 7.14. The van der Waals surface area contributed by atoms with E-state index in [0.29, 0.717) is 0 Å². The van der Waals surface area contributed by atoms with Crippen molar-refractivity contribution in [1.82, 2.24) is 0 Å². The summed E-state index contributed by atoms with van der Waals surface area (Å²) in [7, 11) is 0. The molecule has 1 aliphatic heterocycles. The summed E-state index contributed by atoms with van der Waals surface area (Å²) in [6.45, 7) is 4.52. The third-order valence-electron chi connectivity index (χ3n) is 1.97. The molecule has 10 heavy (non-hydrogen) atoms. The quantitative estimate of drug-likeness (QED) is 0.598. The van der Waals surface area contributed by atoms with Crippen LogP contribution in [0.5, 0.6) is 0 Å². The Kier molecular flexibility index (Phi) is 11.1. The van der Waals surface area contributed by atoms with Crippen molar-refractivity contribution >= 4 is 0 Å². The molecule has 59 valence electrons. The number of nitrogens with zero attached hydrogens (tertiary/aromatic N) is 1. The van der Waals surface area contributed by atoms with Gasteiger partial charge in [0.05, 0.1) is 0 Å². The van der Waals surface area contributed by atoms with Gasteiger partial charge in [0.15, 0.2) is 0 Å². The molecule has 1 nitrogen and oxygen atoms in total. The molecule has 0 saturated carbocycles. The first-order valence-electron chi connectivity index (χ1n) is 3.56. The average Bonchev–Trinajstić information content (AvgIpc) is 1.90. The Labute approximate surface area is 90.2 Å². The molecule has 2 heteroatoms. The van der Waals surface area contributed by atoms with Gasteiger partial charge in [-0.25, -0.2) is 0 Å². The van der Waals surface area contributed by atoms with Crippen LogP contribution in [0.25, 0.3) is 5.32 Å². The molecule has 1 aliphatic rings. The molecule has 1 rings (SSSR count). The van der Waals surface area contributed by atoms with Crippen LogP contribution in [0.2, 0.25) is 0 Å². The van der Waals surface area contributed by atoms with Crippen LogP contribution in [0.1, 0.15) is 26.2 Å². The maximum absolute atomic E-state index is 4.28. The van der Waals surface area contributed by atoms with E-state index in [0.717, 1.165) is 19.0 Å². The predicted octanol–water partition coefficient (Wildman–Crippen LogP) is 2.63. The summed E-state index contributed by atoms with van der Waals surface area (Å²) in [6.07, 6.45) is 4.04. The number of hydrogen-bond donors (Lipinski definition) is 0. The first-order chi connectivity index (χ1) is 3.93. The second-order valence-electron chi connectivity index (χ2n) is 2.52. The van der Waals surface area contributed by atoms with Gasteiger partial charge in [0.25, 0.3) is 0 Å². The Hall–Kier alpha value is 1.06. The van der Waals surface area contributed by atoms with E-state index in [2.05, 4.69) is 12.2 Å². The third kappa shape index (κ3) is 4.81. The van der Waals surface area contributed by atoms with Gasteiger partial charge in [-0.05, 0) is 5.92 Å². The summed E-state index contributed by atoms with van der Waals surface area (Å²) in [5.74, 6) is 0.993. The molecule has 0 aromatic carbocycles. The fourth-order valence-electron chi connectivity index (χ4n) is 1.21. The Morgan fingerprint density at radius 2 is 1.80 bits per heavy atom. The second kappa shape index (κ2) is 8.16. The van der Waals surface area contributed by atoms with Crippen molar-refractivity contribution in [2.75, 3.05) is 13.1 Å². The Bertz CT molecular complexity index is 60.3. The molecule has 0 atom stereocenters. The van der Waals surface area contributed by atoms with E-state index in [9.17, 15) is 0 Å². The van der Waals surface area contributed by atoms with Crippen LogP contribution in [-0.2, 0) is 32.7 Å². The Morgan fingerprint density at radius 3 is 2.10 bits per heavy atom. The summed E-state index contributed by atoms with van der Waals surface area (Å²) < 4.78 is 0. The van der Waals surface area contributed by atoms with Crippen molar-refractivity contribution in [2.45, 2.75) is 26.2 Å². The van der Waals surface area contributed by atoms with Gasteiger partial charge >= 0.3 is 0 Å². The average molecular weight is 216 g/mol. The third-order valence-corrected chi connectivity index (χ3v) is 1.97. The van der Waals surface area contributed by atoms with Crippen molar-refractivity contribution in [3.8, 4) is 0 Å². The van der Waals surface area contributed by atoms with Crippen LogP contribution in [0.3, 0.4) is 0 Å². The first kappa shape index (κ1) is 13.6. The molecule has 0 spiro atoms. The normalized spacial score (nSPS) is 18.9. The van der Waals surface area contributed by atoms with Gasteiger partial charge in [-0.2, -0.15) is 0 Å². The Morgan fingerprint density at radius 1 is 1.30 bits per heavy atom. The molecule has 0 aromatic heterocycles. The van der Waals surface area contributed by atoms with Crippen molar-refractivity contribution in [3.63, 3.8) is 0 Å². The van der Waals surface area contributed by atoms with E-state index in [1.807, 2.05) is 0 Å². The smallest absolute Gasteiger partial charge is 0 e. The molecule has 1 fully saturated rings. The molecule has 1 radical (unpaired) electrons. The number of piperidine rings is 1. The van der Waals surface area contributed by atoms with E-state index < -0.39 is 0 Å². The predicted molar refractivity (Wildman–Crippen MR) is 42.5 cm³/mol. The van der Waals surface area contributed by atoms with Crippen molar-refractivity contribution < 1.29 is 32.7 Å². The summed E-state index contributed by atoms with van der Waals surface area (Å²) in [5, 5.41) is 4.28. The molecule has 1 saturated heterocycles. The van der Waals surface area contributed by atoms with Gasteiger partial charge in [0, 0.05) is 32.7 Å². The summed E-state index contributed by atoms with van der Waals surface area (Å²) in [4.78, 5) is 0. The van der Waals surface area contributed by atoms with Gasteiger partial charge < -0.3 is 12.7 Å². The maximum atomic E-state index is 4.28. The summed E-state index contributed by atoms with van der Waals surface area (Å²) in [5.41, 5.74) is 0. The van der Waals surface area contributed by atoms with Crippen LogP contribution in [0, 0.1) is 13.3 Å². The van der Waals surface area contributed by atoms with Gasteiger partial charge in [-0.3, -0.25) is 0 Å². The van der Waals surface area contributed by atoms with E-state index in [1.54, 1.807) is 0 Å². The van der Waals surface area contributed by atoms with Crippen molar-refractivity contribution in [1.29, 1.82) is 0 Å². The second-order valence-corrected chi connectivity index (χ2v) is 2.52. The molecule has 0 amide bonds. The minimum atomic E-state index is 0. The standard InChI is InChI=1S/C7H14N.CH3.Y/c1-2-7-3-5-8-6-4-7;;/h7H,2-6H2,1H3;1H3;/q2*-1;. The Balaban J connectivity index is 0. The van der Waals surface area contributed by atoms with E-state index in [1.165, 1.54) is 19.3 Å². The van der Waals surface area contributed by atoms with Gasteiger partial charge in [0.2, 0.25) is 0 Å². The molecular formula is C8H17NY-2. The van der Waals surface area contributed by atoms with Gasteiger partial charge in [-0.15, -0.1) is 13.1 Å². The maximum Gasteiger partial charge on any atom is 0 e. The molecule has 0 N–H and O–H groups in total. The molecule has 1 heterocycles.